The van der Waals surface area contributed by atoms with Gasteiger partial charge in [-0.05, 0) is 44.9 Å². The third kappa shape index (κ3) is 4.11. The van der Waals surface area contributed by atoms with Crippen molar-refractivity contribution in [2.75, 3.05) is 13.1 Å². The predicted octanol–water partition coefficient (Wildman–Crippen LogP) is 2.40. The molecule has 5 heteroatoms. The number of amides is 2. The second-order valence-corrected chi connectivity index (χ2v) is 7.51. The summed E-state index contributed by atoms with van der Waals surface area (Å²) in [5, 5.41) is 2.78. The normalized spacial score (nSPS) is 26.8. The first-order valence-electron chi connectivity index (χ1n) is 7.99. The number of rotatable bonds is 4. The van der Waals surface area contributed by atoms with Crippen LogP contribution in [0.3, 0.4) is 0 Å². The van der Waals surface area contributed by atoms with Gasteiger partial charge in [0.2, 0.25) is 5.91 Å². The maximum absolute atomic E-state index is 12.7. The lowest BCUT2D eigenvalue weighted by Gasteiger charge is -2.30. The Bertz CT molecular complexity index is 406. The van der Waals surface area contributed by atoms with E-state index in [1.54, 1.807) is 0 Å². The Kier molecular flexibility index (Phi) is 4.49. The van der Waals surface area contributed by atoms with Gasteiger partial charge in [-0.15, -0.1) is 0 Å². The Labute approximate surface area is 127 Å². The highest BCUT2D eigenvalue weighted by Crippen LogP contribution is 2.45. The van der Waals surface area contributed by atoms with Gasteiger partial charge in [0.25, 0.3) is 0 Å². The van der Waals surface area contributed by atoms with Crippen LogP contribution in [-0.2, 0) is 9.53 Å². The van der Waals surface area contributed by atoms with E-state index in [2.05, 4.69) is 5.32 Å². The SMILES string of the molecule is CCC(C)[C@H](NC(=O)OC(C)(C)C)C(=O)N1C[C@H]2C[C@H]2C1. The minimum absolute atomic E-state index is 0.0439. The monoisotopic (exact) mass is 296 g/mol. The largest absolute Gasteiger partial charge is 0.444 e. The van der Waals surface area contributed by atoms with Gasteiger partial charge < -0.3 is 15.0 Å². The van der Waals surface area contributed by atoms with Gasteiger partial charge >= 0.3 is 6.09 Å². The first-order valence-corrected chi connectivity index (χ1v) is 7.99. The zero-order valence-electron chi connectivity index (χ0n) is 13.8. The van der Waals surface area contributed by atoms with Crippen LogP contribution in [0.1, 0.15) is 47.5 Å². The fraction of sp³-hybridized carbons (Fsp3) is 0.875. The molecular weight excluding hydrogens is 268 g/mol. The third-order valence-corrected chi connectivity index (χ3v) is 4.44. The van der Waals surface area contributed by atoms with Crippen molar-refractivity contribution in [3.8, 4) is 0 Å². The summed E-state index contributed by atoms with van der Waals surface area (Å²) in [7, 11) is 0. The molecule has 0 spiro atoms. The molecule has 5 nitrogen and oxygen atoms in total. The molecule has 0 aromatic heterocycles. The number of fused-ring (bicyclic) bond motifs is 1. The van der Waals surface area contributed by atoms with Crippen LogP contribution in [0.2, 0.25) is 0 Å². The standard InChI is InChI=1S/C16H28N2O3/c1-6-10(2)13(17-15(20)21-16(3,4)5)14(19)18-8-11-7-12(11)9-18/h10-13H,6-9H2,1-5H3,(H,17,20)/t10?,11-,12+,13-/m0/s1. The fourth-order valence-electron chi connectivity index (χ4n) is 2.89. The number of alkyl carbamates (subject to hydrolysis) is 1. The lowest BCUT2D eigenvalue weighted by atomic mass is 9.98. The molecule has 1 unspecified atom stereocenters. The second kappa shape index (κ2) is 5.85. The number of carbonyl (C=O) groups excluding carboxylic acids is 2. The lowest BCUT2D eigenvalue weighted by molar-refractivity contribution is -0.134. The van der Waals surface area contributed by atoms with Crippen molar-refractivity contribution in [3.05, 3.63) is 0 Å². The van der Waals surface area contributed by atoms with Crippen molar-refractivity contribution in [2.45, 2.75) is 59.1 Å². The zero-order valence-corrected chi connectivity index (χ0v) is 13.8. The maximum atomic E-state index is 12.7. The van der Waals surface area contributed by atoms with Gasteiger partial charge in [-0.3, -0.25) is 4.79 Å². The molecule has 0 aromatic carbocycles. The second-order valence-electron chi connectivity index (χ2n) is 7.51. The van der Waals surface area contributed by atoms with Crippen LogP contribution in [-0.4, -0.2) is 41.6 Å². The number of carbonyl (C=O) groups is 2. The Morgan fingerprint density at radius 3 is 2.33 bits per heavy atom. The summed E-state index contributed by atoms with van der Waals surface area (Å²) in [4.78, 5) is 26.6. The highest BCUT2D eigenvalue weighted by Gasteiger charge is 2.48. The third-order valence-electron chi connectivity index (χ3n) is 4.44. The molecule has 120 valence electrons. The topological polar surface area (TPSA) is 58.6 Å². The molecule has 1 aliphatic carbocycles. The van der Waals surface area contributed by atoms with Crippen LogP contribution in [0, 0.1) is 17.8 Å². The Hall–Kier alpha value is -1.26. The van der Waals surface area contributed by atoms with E-state index in [0.717, 1.165) is 19.5 Å². The number of nitrogens with one attached hydrogen (secondary N) is 1. The molecule has 1 saturated carbocycles. The molecule has 0 radical (unpaired) electrons. The van der Waals surface area contributed by atoms with Gasteiger partial charge in [0.1, 0.15) is 11.6 Å². The Morgan fingerprint density at radius 1 is 1.29 bits per heavy atom. The molecular formula is C16H28N2O3. The Balaban J connectivity index is 1.97. The molecule has 2 amide bonds. The fourth-order valence-corrected chi connectivity index (χ4v) is 2.89. The molecule has 0 bridgehead atoms. The minimum atomic E-state index is -0.553. The molecule has 2 fully saturated rings. The van der Waals surface area contributed by atoms with E-state index in [-0.39, 0.29) is 11.8 Å². The molecule has 4 atom stereocenters. The summed E-state index contributed by atoms with van der Waals surface area (Å²) in [6.45, 7) is 11.2. The average molecular weight is 296 g/mol. The molecule has 1 heterocycles. The number of nitrogens with zero attached hydrogens (tertiary/aromatic N) is 1. The number of hydrogen-bond donors (Lipinski definition) is 1. The molecule has 21 heavy (non-hydrogen) atoms. The smallest absolute Gasteiger partial charge is 0.408 e. The minimum Gasteiger partial charge on any atom is -0.444 e. The van der Waals surface area contributed by atoms with Gasteiger partial charge in [0.05, 0.1) is 0 Å². The summed E-state index contributed by atoms with van der Waals surface area (Å²) >= 11 is 0. The van der Waals surface area contributed by atoms with Gasteiger partial charge in [-0.1, -0.05) is 20.3 Å². The molecule has 2 aliphatic rings. The van der Waals surface area contributed by atoms with E-state index in [0.29, 0.717) is 11.8 Å². The summed E-state index contributed by atoms with van der Waals surface area (Å²) in [6, 6.07) is -0.484. The van der Waals surface area contributed by atoms with E-state index >= 15 is 0 Å². The van der Waals surface area contributed by atoms with Gasteiger partial charge in [0.15, 0.2) is 0 Å². The quantitative estimate of drug-likeness (QED) is 0.866. The van der Waals surface area contributed by atoms with Crippen LogP contribution in [0.5, 0.6) is 0 Å². The van der Waals surface area contributed by atoms with Crippen molar-refractivity contribution in [1.29, 1.82) is 0 Å². The summed E-state index contributed by atoms with van der Waals surface area (Å²) in [5.41, 5.74) is -0.553. The predicted molar refractivity (Wildman–Crippen MR) is 80.8 cm³/mol. The van der Waals surface area contributed by atoms with Crippen molar-refractivity contribution in [3.63, 3.8) is 0 Å². The lowest BCUT2D eigenvalue weighted by Crippen LogP contribution is -2.52. The van der Waals surface area contributed by atoms with Gasteiger partial charge in [-0.2, -0.15) is 0 Å². The molecule has 2 rings (SSSR count). The molecule has 1 aliphatic heterocycles. The van der Waals surface area contributed by atoms with Crippen molar-refractivity contribution in [2.24, 2.45) is 17.8 Å². The number of ether oxygens (including phenoxy) is 1. The zero-order chi connectivity index (χ0) is 15.8. The first-order chi connectivity index (χ1) is 9.71. The summed E-state index contributed by atoms with van der Waals surface area (Å²) in [6.07, 6.45) is 1.59. The van der Waals surface area contributed by atoms with Crippen LogP contribution >= 0.6 is 0 Å². The Morgan fingerprint density at radius 2 is 1.86 bits per heavy atom. The van der Waals surface area contributed by atoms with Gasteiger partial charge in [-0.25, -0.2) is 4.79 Å². The van der Waals surface area contributed by atoms with E-state index in [1.807, 2.05) is 39.5 Å². The van der Waals surface area contributed by atoms with Gasteiger partial charge in [0, 0.05) is 13.1 Å². The molecule has 1 N–H and O–H groups in total. The van der Waals surface area contributed by atoms with Crippen LogP contribution in [0.25, 0.3) is 0 Å². The van der Waals surface area contributed by atoms with Crippen molar-refractivity contribution in [1.82, 2.24) is 10.2 Å². The summed E-state index contributed by atoms with van der Waals surface area (Å²) < 4.78 is 5.28. The van der Waals surface area contributed by atoms with Crippen molar-refractivity contribution < 1.29 is 14.3 Å². The van der Waals surface area contributed by atoms with E-state index in [1.165, 1.54) is 6.42 Å². The number of hydrogen-bond acceptors (Lipinski definition) is 3. The summed E-state index contributed by atoms with van der Waals surface area (Å²) in [5.74, 6) is 1.55. The maximum Gasteiger partial charge on any atom is 0.408 e. The van der Waals surface area contributed by atoms with E-state index < -0.39 is 17.7 Å². The van der Waals surface area contributed by atoms with E-state index in [4.69, 9.17) is 4.74 Å². The highest BCUT2D eigenvalue weighted by molar-refractivity contribution is 5.86. The molecule has 0 aromatic rings. The molecule has 1 saturated heterocycles. The van der Waals surface area contributed by atoms with Crippen LogP contribution in [0.15, 0.2) is 0 Å². The average Bonchev–Trinajstić information content (AvgIpc) is 2.99. The number of likely N-dealkylation sites (tertiary alicyclic amines) is 1. The number of piperidine rings is 1. The highest BCUT2D eigenvalue weighted by atomic mass is 16.6. The first kappa shape index (κ1) is 16.1. The van der Waals surface area contributed by atoms with Crippen molar-refractivity contribution >= 4 is 12.0 Å². The van der Waals surface area contributed by atoms with Crippen LogP contribution < -0.4 is 5.32 Å². The van der Waals surface area contributed by atoms with E-state index in [9.17, 15) is 9.59 Å². The van der Waals surface area contributed by atoms with Crippen LogP contribution in [0.4, 0.5) is 4.79 Å².